The topological polar surface area (TPSA) is 13.1 Å². The Bertz CT molecular complexity index is 3570. The third-order valence-electron chi connectivity index (χ3n) is 10.3. The van der Waals surface area contributed by atoms with Gasteiger partial charge in [-0.1, -0.05) is 158 Å². The summed E-state index contributed by atoms with van der Waals surface area (Å²) in [5.41, 5.74) is 5.01. The van der Waals surface area contributed by atoms with Gasteiger partial charge in [0, 0.05) is 16.2 Å². The first kappa shape index (κ1) is 21.4. The predicted molar refractivity (Wildman–Crippen MR) is 218 cm³/mol. The number of fused-ring (bicyclic) bond motifs is 10. The molecule has 1 heterocycles. The quantitative estimate of drug-likeness (QED) is 0.136. The number of furan rings is 1. The first-order valence-electron chi connectivity index (χ1n) is 20.9. The largest absolute Gasteiger partial charge is 0.455 e. The second-order valence-corrected chi connectivity index (χ2v) is 13.0. The molecule has 51 heavy (non-hydrogen) atoms. The summed E-state index contributed by atoms with van der Waals surface area (Å²) in [7, 11) is 0. The minimum atomic E-state index is -0.439. The zero-order chi connectivity index (χ0) is 40.4. The van der Waals surface area contributed by atoms with Gasteiger partial charge in [-0.2, -0.15) is 0 Å². The molecule has 0 fully saturated rings. The van der Waals surface area contributed by atoms with Gasteiger partial charge in [-0.15, -0.1) is 0 Å². The zero-order valence-corrected chi connectivity index (χ0v) is 27.1. The van der Waals surface area contributed by atoms with Gasteiger partial charge in [0.1, 0.15) is 11.2 Å². The summed E-state index contributed by atoms with van der Waals surface area (Å²) >= 11 is 0. The molecule has 1 nitrogen and oxygen atoms in total. The SMILES string of the molecule is [2H]c1c([2H])c([2H])c2c(-c3cc4c(-c5ccccc5)cccc4c4ccccc34)c3c([2H])c([2H])c([2H])c([2H])c3c(-c3ccc4oc5c6ccccc6ccc5c4c3)c2c1[2H]. The van der Waals surface area contributed by atoms with Crippen molar-refractivity contribution in [3.8, 4) is 33.4 Å². The molecule has 11 rings (SSSR count). The van der Waals surface area contributed by atoms with Crippen LogP contribution in [0.1, 0.15) is 11.0 Å². The van der Waals surface area contributed by atoms with E-state index in [1.807, 2.05) is 121 Å². The van der Waals surface area contributed by atoms with Crippen LogP contribution in [0, 0.1) is 0 Å². The summed E-state index contributed by atoms with van der Waals surface area (Å²) < 4.78 is 80.8. The van der Waals surface area contributed by atoms with Crippen molar-refractivity contribution in [3.63, 3.8) is 0 Å². The van der Waals surface area contributed by atoms with Crippen LogP contribution in [-0.4, -0.2) is 0 Å². The standard InChI is InChI=1S/C50H30O/c1-2-13-31(14-3-1)34-23-12-24-37-36-17-6-7-18-38(36)46(30-44(34)37)49-41-21-10-8-19-39(41)48(40-20-9-11-22-42(40)49)33-26-28-47-45(29-33)43-27-25-32-15-4-5-16-35(32)50(43)51-47/h1-30H/i8D,9D,10D,11D,19D,20D,21D,22D. The predicted octanol–water partition coefficient (Wildman–Crippen LogP) is 14.4. The monoisotopic (exact) mass is 654 g/mol. The summed E-state index contributed by atoms with van der Waals surface area (Å²) in [5.74, 6) is 0. The van der Waals surface area contributed by atoms with Gasteiger partial charge in [0.05, 0.1) is 11.0 Å². The molecule has 0 saturated carbocycles. The number of benzene rings is 10. The molecule has 236 valence electrons. The van der Waals surface area contributed by atoms with E-state index in [-0.39, 0.29) is 45.7 Å². The van der Waals surface area contributed by atoms with Gasteiger partial charge in [-0.3, -0.25) is 0 Å². The lowest BCUT2D eigenvalue weighted by Crippen LogP contribution is -1.93. The average molecular weight is 655 g/mol. The fraction of sp³-hybridized carbons (Fsp3) is 0. The Kier molecular flexibility index (Phi) is 4.57. The van der Waals surface area contributed by atoms with Crippen LogP contribution in [0.2, 0.25) is 0 Å². The highest BCUT2D eigenvalue weighted by atomic mass is 16.3. The Balaban J connectivity index is 1.37. The molecule has 0 amide bonds. The molecule has 10 aromatic carbocycles. The van der Waals surface area contributed by atoms with Crippen molar-refractivity contribution < 1.29 is 15.4 Å². The van der Waals surface area contributed by atoms with E-state index < -0.39 is 24.2 Å². The van der Waals surface area contributed by atoms with Gasteiger partial charge in [0.25, 0.3) is 0 Å². The van der Waals surface area contributed by atoms with Crippen molar-refractivity contribution >= 4 is 75.8 Å². The molecular weight excluding hydrogens is 617 g/mol. The second-order valence-electron chi connectivity index (χ2n) is 13.0. The van der Waals surface area contributed by atoms with Crippen LogP contribution in [0.4, 0.5) is 0 Å². The van der Waals surface area contributed by atoms with Gasteiger partial charge < -0.3 is 4.42 Å². The molecule has 0 unspecified atom stereocenters. The molecule has 0 radical (unpaired) electrons. The first-order chi connectivity index (χ1) is 28.6. The van der Waals surface area contributed by atoms with E-state index in [9.17, 15) is 5.48 Å². The third kappa shape index (κ3) is 4.16. The fourth-order valence-electron chi connectivity index (χ4n) is 8.05. The Morgan fingerprint density at radius 2 is 0.980 bits per heavy atom. The summed E-state index contributed by atoms with van der Waals surface area (Å²) in [5, 5.41) is 7.83. The summed E-state index contributed by atoms with van der Waals surface area (Å²) in [6.45, 7) is 0. The van der Waals surface area contributed by atoms with E-state index in [0.29, 0.717) is 33.4 Å². The molecule has 1 aromatic heterocycles. The van der Waals surface area contributed by atoms with E-state index >= 15 is 0 Å². The smallest absolute Gasteiger partial charge is 0.143 e. The maximum Gasteiger partial charge on any atom is 0.143 e. The van der Waals surface area contributed by atoms with Crippen LogP contribution >= 0.6 is 0 Å². The maximum absolute atomic E-state index is 9.61. The van der Waals surface area contributed by atoms with Gasteiger partial charge in [-0.25, -0.2) is 0 Å². The lowest BCUT2D eigenvalue weighted by atomic mass is 9.83. The van der Waals surface area contributed by atoms with Crippen LogP contribution < -0.4 is 0 Å². The van der Waals surface area contributed by atoms with Crippen LogP contribution in [0.5, 0.6) is 0 Å². The summed E-state index contributed by atoms with van der Waals surface area (Å²) in [4.78, 5) is 0. The van der Waals surface area contributed by atoms with E-state index in [1.165, 1.54) is 0 Å². The molecule has 0 atom stereocenters. The molecule has 0 aliphatic rings. The molecule has 0 bridgehead atoms. The molecule has 11 aromatic rings. The molecule has 0 aliphatic heterocycles. The summed E-state index contributed by atoms with van der Waals surface area (Å²) in [6.07, 6.45) is 0. The number of hydrogen-bond acceptors (Lipinski definition) is 1. The van der Waals surface area contributed by atoms with E-state index in [2.05, 4.69) is 6.07 Å². The Labute approximate surface area is 305 Å². The molecular formula is C50H30O. The first-order valence-corrected chi connectivity index (χ1v) is 16.9. The lowest BCUT2D eigenvalue weighted by Gasteiger charge is -2.20. The number of rotatable bonds is 3. The fourth-order valence-corrected chi connectivity index (χ4v) is 8.05. The van der Waals surface area contributed by atoms with E-state index in [4.69, 9.17) is 9.90 Å². The van der Waals surface area contributed by atoms with Crippen molar-refractivity contribution in [2.75, 3.05) is 0 Å². The minimum Gasteiger partial charge on any atom is -0.455 e. The van der Waals surface area contributed by atoms with Crippen molar-refractivity contribution in [3.05, 3.63) is 182 Å². The zero-order valence-electron chi connectivity index (χ0n) is 35.1. The maximum atomic E-state index is 9.61. The summed E-state index contributed by atoms with van der Waals surface area (Å²) in [6, 6.07) is 40.6. The number of hydrogen-bond donors (Lipinski definition) is 0. The van der Waals surface area contributed by atoms with Crippen LogP contribution in [0.25, 0.3) is 109 Å². The van der Waals surface area contributed by atoms with Crippen LogP contribution in [0.15, 0.2) is 186 Å². The third-order valence-corrected chi connectivity index (χ3v) is 10.3. The Hall–Kier alpha value is -6.70. The van der Waals surface area contributed by atoms with Gasteiger partial charge in [0.2, 0.25) is 0 Å². The highest BCUT2D eigenvalue weighted by molar-refractivity contribution is 6.27. The van der Waals surface area contributed by atoms with Gasteiger partial charge in [-0.05, 0) is 106 Å². The lowest BCUT2D eigenvalue weighted by molar-refractivity contribution is 0.672. The molecule has 1 heteroatoms. The second kappa shape index (κ2) is 10.9. The molecule has 0 N–H and O–H groups in total. The van der Waals surface area contributed by atoms with Gasteiger partial charge >= 0.3 is 0 Å². The molecule has 0 aliphatic carbocycles. The van der Waals surface area contributed by atoms with Crippen molar-refractivity contribution in [2.45, 2.75) is 0 Å². The van der Waals surface area contributed by atoms with E-state index in [0.717, 1.165) is 54.2 Å². The minimum absolute atomic E-state index is 0.168. The van der Waals surface area contributed by atoms with Crippen LogP contribution in [-0.2, 0) is 0 Å². The highest BCUT2D eigenvalue weighted by Crippen LogP contribution is 2.48. The Morgan fingerprint density at radius 1 is 0.353 bits per heavy atom. The van der Waals surface area contributed by atoms with Gasteiger partial charge in [0.15, 0.2) is 0 Å². The van der Waals surface area contributed by atoms with Crippen molar-refractivity contribution in [1.82, 2.24) is 0 Å². The van der Waals surface area contributed by atoms with Crippen molar-refractivity contribution in [2.24, 2.45) is 0 Å². The van der Waals surface area contributed by atoms with Crippen molar-refractivity contribution in [1.29, 1.82) is 0 Å². The molecule has 0 spiro atoms. The molecule has 0 saturated heterocycles. The average Bonchev–Trinajstić information content (AvgIpc) is 3.66. The highest BCUT2D eigenvalue weighted by Gasteiger charge is 2.21. The van der Waals surface area contributed by atoms with Crippen LogP contribution in [0.3, 0.4) is 0 Å². The van der Waals surface area contributed by atoms with E-state index in [1.54, 1.807) is 6.07 Å². The normalized spacial score (nSPS) is 14.1. The Morgan fingerprint density at radius 3 is 1.75 bits per heavy atom.